The van der Waals surface area contributed by atoms with Gasteiger partial charge in [-0.3, -0.25) is 9.48 Å². The monoisotopic (exact) mass is 168 g/mol. The minimum Gasteiger partial charge on any atom is -0.502 e. The van der Waals surface area contributed by atoms with Crippen LogP contribution in [0.4, 0.5) is 0 Å². The Hall–Kier alpha value is -1.19. The topological polar surface area (TPSA) is 47.2 Å². The first kappa shape index (κ1) is 7.46. The number of aromatic nitrogens is 2. The molecule has 66 valence electrons. The van der Waals surface area contributed by atoms with E-state index >= 15 is 0 Å². The van der Waals surface area contributed by atoms with Gasteiger partial charge in [-0.15, -0.1) is 0 Å². The molecular formula is C8H12N2O2. The lowest BCUT2D eigenvalue weighted by molar-refractivity contribution is 0.350. The van der Waals surface area contributed by atoms with Crippen molar-refractivity contribution in [3.63, 3.8) is 0 Å². The van der Waals surface area contributed by atoms with Gasteiger partial charge in [-0.25, -0.2) is 4.68 Å². The Morgan fingerprint density at radius 2 is 1.83 bits per heavy atom. The van der Waals surface area contributed by atoms with E-state index in [1.165, 1.54) is 0 Å². The minimum atomic E-state index is -0.243. The molecule has 1 aliphatic rings. The van der Waals surface area contributed by atoms with Crippen molar-refractivity contribution in [3.8, 4) is 5.75 Å². The van der Waals surface area contributed by atoms with Crippen molar-refractivity contribution >= 4 is 0 Å². The first-order valence-corrected chi connectivity index (χ1v) is 4.21. The van der Waals surface area contributed by atoms with E-state index < -0.39 is 0 Å². The third-order valence-electron chi connectivity index (χ3n) is 2.45. The highest BCUT2D eigenvalue weighted by molar-refractivity contribution is 5.22. The highest BCUT2D eigenvalue weighted by atomic mass is 16.3. The second-order valence-corrected chi connectivity index (χ2v) is 3.19. The summed E-state index contributed by atoms with van der Waals surface area (Å²) in [4.78, 5) is 11.3. The smallest absolute Gasteiger partial charge is 0.309 e. The Balaban J connectivity index is 2.68. The number of fused-ring (bicyclic) bond motifs is 1. The lowest BCUT2D eigenvalue weighted by atomic mass is 10.3. The summed E-state index contributed by atoms with van der Waals surface area (Å²) < 4.78 is 3.48. The summed E-state index contributed by atoms with van der Waals surface area (Å²) in [5.74, 6) is -0.0862. The van der Waals surface area contributed by atoms with Crippen LogP contribution in [-0.4, -0.2) is 14.5 Å². The number of aromatic hydroxyl groups is 1. The molecule has 0 fully saturated rings. The van der Waals surface area contributed by atoms with Crippen LogP contribution in [0.2, 0.25) is 0 Å². The largest absolute Gasteiger partial charge is 0.502 e. The van der Waals surface area contributed by atoms with Gasteiger partial charge in [-0.2, -0.15) is 0 Å². The molecule has 0 radical (unpaired) electrons. The van der Waals surface area contributed by atoms with E-state index in [1.54, 1.807) is 11.6 Å². The number of rotatable bonds is 0. The van der Waals surface area contributed by atoms with Crippen molar-refractivity contribution < 1.29 is 5.11 Å². The van der Waals surface area contributed by atoms with E-state index in [-0.39, 0.29) is 11.3 Å². The van der Waals surface area contributed by atoms with Crippen molar-refractivity contribution in [3.05, 3.63) is 16.0 Å². The van der Waals surface area contributed by atoms with Gasteiger partial charge >= 0.3 is 5.56 Å². The SMILES string of the molecule is Cc1c(O)c(=O)n2n1CCCC2. The van der Waals surface area contributed by atoms with Crippen molar-refractivity contribution in [2.45, 2.75) is 32.9 Å². The fourth-order valence-electron chi connectivity index (χ4n) is 1.72. The molecule has 12 heavy (non-hydrogen) atoms. The van der Waals surface area contributed by atoms with E-state index in [0.717, 1.165) is 25.9 Å². The van der Waals surface area contributed by atoms with Crippen LogP contribution in [-0.2, 0) is 13.1 Å². The average Bonchev–Trinajstić information content (AvgIpc) is 2.33. The molecule has 1 aliphatic heterocycles. The van der Waals surface area contributed by atoms with Gasteiger partial charge in [0.15, 0.2) is 0 Å². The molecule has 0 saturated carbocycles. The number of hydrogen-bond acceptors (Lipinski definition) is 2. The molecule has 0 atom stereocenters. The zero-order valence-electron chi connectivity index (χ0n) is 7.08. The third kappa shape index (κ3) is 0.807. The molecule has 0 saturated heterocycles. The Kier molecular flexibility index (Phi) is 1.49. The van der Waals surface area contributed by atoms with Crippen LogP contribution in [0.3, 0.4) is 0 Å². The zero-order chi connectivity index (χ0) is 8.72. The fraction of sp³-hybridized carbons (Fsp3) is 0.625. The second-order valence-electron chi connectivity index (χ2n) is 3.19. The first-order chi connectivity index (χ1) is 5.72. The molecule has 0 aromatic carbocycles. The summed E-state index contributed by atoms with van der Waals surface area (Å²) in [6, 6.07) is 0. The van der Waals surface area contributed by atoms with Crippen LogP contribution < -0.4 is 5.56 Å². The van der Waals surface area contributed by atoms with Crippen molar-refractivity contribution in [1.29, 1.82) is 0 Å². The van der Waals surface area contributed by atoms with E-state index in [1.807, 2.05) is 4.68 Å². The van der Waals surface area contributed by atoms with E-state index in [0.29, 0.717) is 5.69 Å². The summed E-state index contributed by atoms with van der Waals surface area (Å²) in [5, 5.41) is 9.34. The summed E-state index contributed by atoms with van der Waals surface area (Å²) in [6.45, 7) is 3.36. The Labute approximate surface area is 70.0 Å². The fourth-order valence-corrected chi connectivity index (χ4v) is 1.72. The molecule has 0 unspecified atom stereocenters. The van der Waals surface area contributed by atoms with Crippen molar-refractivity contribution in [1.82, 2.24) is 9.36 Å². The normalized spacial score (nSPS) is 16.1. The molecule has 2 rings (SSSR count). The van der Waals surface area contributed by atoms with Gasteiger partial charge < -0.3 is 5.11 Å². The zero-order valence-corrected chi connectivity index (χ0v) is 7.08. The van der Waals surface area contributed by atoms with Gasteiger partial charge in [0.1, 0.15) is 0 Å². The van der Waals surface area contributed by atoms with E-state index in [4.69, 9.17) is 0 Å². The predicted octanol–water partition coefficient (Wildman–Crippen LogP) is 0.458. The van der Waals surface area contributed by atoms with Gasteiger partial charge in [0.05, 0.1) is 5.69 Å². The molecule has 4 heteroatoms. The summed E-state index contributed by atoms with van der Waals surface area (Å²) in [7, 11) is 0. The van der Waals surface area contributed by atoms with Crippen LogP contribution in [0.25, 0.3) is 0 Å². The van der Waals surface area contributed by atoms with Gasteiger partial charge in [-0.05, 0) is 19.8 Å². The van der Waals surface area contributed by atoms with Crippen molar-refractivity contribution in [2.75, 3.05) is 0 Å². The molecule has 1 aromatic heterocycles. The standard InChI is InChI=1S/C8H12N2O2/c1-6-7(11)8(12)10-5-3-2-4-9(6)10/h11H,2-5H2,1H3. The molecule has 1 aromatic rings. The van der Waals surface area contributed by atoms with Crippen LogP contribution in [0.5, 0.6) is 5.75 Å². The maximum Gasteiger partial charge on any atom is 0.309 e. The first-order valence-electron chi connectivity index (χ1n) is 4.21. The Morgan fingerprint density at radius 1 is 1.25 bits per heavy atom. The molecule has 0 amide bonds. The van der Waals surface area contributed by atoms with Crippen LogP contribution in [0.15, 0.2) is 4.79 Å². The summed E-state index contributed by atoms with van der Waals surface area (Å²) >= 11 is 0. The molecule has 0 spiro atoms. The van der Waals surface area contributed by atoms with Crippen LogP contribution in [0, 0.1) is 6.92 Å². The molecule has 1 N–H and O–H groups in total. The highest BCUT2D eigenvalue weighted by Crippen LogP contribution is 2.15. The second kappa shape index (κ2) is 2.40. The third-order valence-corrected chi connectivity index (χ3v) is 2.45. The van der Waals surface area contributed by atoms with Gasteiger partial charge in [0, 0.05) is 13.1 Å². The summed E-state index contributed by atoms with van der Waals surface area (Å²) in [6.07, 6.45) is 2.12. The van der Waals surface area contributed by atoms with E-state index in [2.05, 4.69) is 0 Å². The number of nitrogens with zero attached hydrogens (tertiary/aromatic N) is 2. The van der Waals surface area contributed by atoms with Gasteiger partial charge in [-0.1, -0.05) is 0 Å². The van der Waals surface area contributed by atoms with Crippen LogP contribution in [0.1, 0.15) is 18.5 Å². The maximum atomic E-state index is 11.3. The quantitative estimate of drug-likeness (QED) is 0.611. The molecule has 2 heterocycles. The Bertz CT molecular complexity index is 362. The van der Waals surface area contributed by atoms with E-state index in [9.17, 15) is 9.90 Å². The number of hydrogen-bond donors (Lipinski definition) is 1. The van der Waals surface area contributed by atoms with Crippen molar-refractivity contribution in [2.24, 2.45) is 0 Å². The van der Waals surface area contributed by atoms with Crippen LogP contribution >= 0.6 is 0 Å². The van der Waals surface area contributed by atoms with Gasteiger partial charge in [0.25, 0.3) is 0 Å². The molecule has 0 aliphatic carbocycles. The summed E-state index contributed by atoms with van der Waals surface area (Å²) in [5.41, 5.74) is 0.451. The highest BCUT2D eigenvalue weighted by Gasteiger charge is 2.17. The predicted molar refractivity (Wildman–Crippen MR) is 44.3 cm³/mol. The average molecular weight is 168 g/mol. The minimum absolute atomic E-state index is 0.0862. The van der Waals surface area contributed by atoms with Gasteiger partial charge in [0.2, 0.25) is 5.75 Å². The maximum absolute atomic E-state index is 11.3. The lowest BCUT2D eigenvalue weighted by Crippen LogP contribution is -2.27. The molecule has 0 bridgehead atoms. The molecule has 4 nitrogen and oxygen atoms in total. The Morgan fingerprint density at radius 3 is 2.42 bits per heavy atom. The lowest BCUT2D eigenvalue weighted by Gasteiger charge is -2.17. The molecular weight excluding hydrogens is 156 g/mol.